The number of hydrogen-bond acceptors (Lipinski definition) is 4. The van der Waals surface area contributed by atoms with Crippen LogP contribution < -0.4 is 10.1 Å². The Morgan fingerprint density at radius 1 is 1.33 bits per heavy atom. The van der Waals surface area contributed by atoms with E-state index in [1.54, 1.807) is 12.0 Å². The van der Waals surface area contributed by atoms with Crippen molar-refractivity contribution >= 4 is 6.09 Å². The Bertz CT molecular complexity index is 461. The first-order chi connectivity index (χ1) is 10.1. The van der Waals surface area contributed by atoms with Gasteiger partial charge in [0.05, 0.1) is 14.2 Å². The van der Waals surface area contributed by atoms with E-state index in [2.05, 4.69) is 24.4 Å². The molecule has 0 aromatic heterocycles. The van der Waals surface area contributed by atoms with E-state index in [1.165, 1.54) is 12.7 Å². The van der Waals surface area contributed by atoms with Crippen molar-refractivity contribution in [2.45, 2.75) is 31.8 Å². The quantitative estimate of drug-likeness (QED) is 0.926. The predicted molar refractivity (Wildman–Crippen MR) is 81.5 cm³/mol. The third kappa shape index (κ3) is 4.11. The van der Waals surface area contributed by atoms with Crippen LogP contribution in [0.15, 0.2) is 24.3 Å². The molecule has 1 aliphatic rings. The molecule has 0 saturated carbocycles. The van der Waals surface area contributed by atoms with Crippen molar-refractivity contribution in [3.63, 3.8) is 0 Å². The molecule has 21 heavy (non-hydrogen) atoms. The Morgan fingerprint density at radius 3 is 2.67 bits per heavy atom. The van der Waals surface area contributed by atoms with Crippen molar-refractivity contribution < 1.29 is 14.3 Å². The molecule has 1 N–H and O–H groups in total. The number of rotatable bonds is 4. The van der Waals surface area contributed by atoms with E-state index in [-0.39, 0.29) is 12.1 Å². The number of likely N-dealkylation sites (tertiary alicyclic amines) is 1. The van der Waals surface area contributed by atoms with Gasteiger partial charge in [-0.1, -0.05) is 12.1 Å². The first-order valence-corrected chi connectivity index (χ1v) is 7.37. The highest BCUT2D eigenvalue weighted by molar-refractivity contribution is 5.67. The first-order valence-electron chi connectivity index (χ1n) is 7.37. The maximum atomic E-state index is 11.6. The topological polar surface area (TPSA) is 50.8 Å². The van der Waals surface area contributed by atoms with Crippen LogP contribution >= 0.6 is 0 Å². The monoisotopic (exact) mass is 292 g/mol. The summed E-state index contributed by atoms with van der Waals surface area (Å²) < 4.78 is 9.97. The number of methoxy groups -OCH3 is 2. The lowest BCUT2D eigenvalue weighted by Crippen LogP contribution is -2.48. The van der Waals surface area contributed by atoms with Crippen LogP contribution in [0, 0.1) is 0 Å². The molecule has 1 saturated heterocycles. The van der Waals surface area contributed by atoms with Gasteiger partial charge in [0.1, 0.15) is 5.75 Å². The lowest BCUT2D eigenvalue weighted by atomic mass is 10.0. The number of amides is 1. The highest BCUT2D eigenvalue weighted by Gasteiger charge is 2.25. The third-order valence-corrected chi connectivity index (χ3v) is 3.96. The van der Waals surface area contributed by atoms with Crippen molar-refractivity contribution in [1.82, 2.24) is 10.2 Å². The van der Waals surface area contributed by atoms with Crippen molar-refractivity contribution in [3.8, 4) is 5.75 Å². The minimum Gasteiger partial charge on any atom is -0.497 e. The standard InChI is InChI=1S/C16H24N2O3/c1-12(13-6-8-15(20-2)9-7-13)17-14-5-4-10-18(11-14)16(19)21-3/h6-9,12,14,17H,4-5,10-11H2,1-3H3. The molecular weight excluding hydrogens is 268 g/mol. The van der Waals surface area contributed by atoms with Crippen LogP contribution in [0.3, 0.4) is 0 Å². The molecule has 0 bridgehead atoms. The summed E-state index contributed by atoms with van der Waals surface area (Å²) in [5.74, 6) is 0.862. The number of nitrogens with one attached hydrogen (secondary N) is 1. The summed E-state index contributed by atoms with van der Waals surface area (Å²) in [5.41, 5.74) is 1.21. The van der Waals surface area contributed by atoms with E-state index in [4.69, 9.17) is 9.47 Å². The van der Waals surface area contributed by atoms with Gasteiger partial charge in [-0.15, -0.1) is 0 Å². The van der Waals surface area contributed by atoms with Crippen molar-refractivity contribution in [3.05, 3.63) is 29.8 Å². The molecule has 2 unspecified atom stereocenters. The number of piperidine rings is 1. The van der Waals surface area contributed by atoms with Crippen LogP contribution in [0.1, 0.15) is 31.4 Å². The highest BCUT2D eigenvalue weighted by atomic mass is 16.5. The average molecular weight is 292 g/mol. The van der Waals surface area contributed by atoms with Crippen LogP contribution in [0.2, 0.25) is 0 Å². The number of nitrogens with zero attached hydrogens (tertiary/aromatic N) is 1. The lowest BCUT2D eigenvalue weighted by Gasteiger charge is -2.34. The van der Waals surface area contributed by atoms with Gasteiger partial charge in [-0.3, -0.25) is 0 Å². The molecule has 0 aliphatic carbocycles. The number of carbonyl (C=O) groups is 1. The van der Waals surface area contributed by atoms with Gasteiger partial charge in [0, 0.05) is 25.2 Å². The predicted octanol–water partition coefficient (Wildman–Crippen LogP) is 2.58. The molecule has 1 aromatic rings. The average Bonchev–Trinajstić information content (AvgIpc) is 2.54. The van der Waals surface area contributed by atoms with Gasteiger partial charge in [0.25, 0.3) is 0 Å². The van der Waals surface area contributed by atoms with E-state index in [0.717, 1.165) is 25.1 Å². The Balaban J connectivity index is 1.91. The largest absolute Gasteiger partial charge is 0.497 e. The molecule has 1 heterocycles. The Kier molecular flexibility index (Phi) is 5.44. The highest BCUT2D eigenvalue weighted by Crippen LogP contribution is 2.20. The van der Waals surface area contributed by atoms with Gasteiger partial charge in [0.2, 0.25) is 0 Å². The van der Waals surface area contributed by atoms with Crippen molar-refractivity contribution in [2.24, 2.45) is 0 Å². The molecule has 116 valence electrons. The summed E-state index contributed by atoms with van der Waals surface area (Å²) in [4.78, 5) is 13.4. The van der Waals surface area contributed by atoms with E-state index < -0.39 is 0 Å². The van der Waals surface area contributed by atoms with Crippen LogP contribution in [0.25, 0.3) is 0 Å². The summed E-state index contributed by atoms with van der Waals surface area (Å²) in [6, 6.07) is 8.60. The fourth-order valence-electron chi connectivity index (χ4n) is 2.75. The minimum atomic E-state index is -0.237. The molecule has 1 fully saturated rings. The summed E-state index contributed by atoms with van der Waals surface area (Å²) in [7, 11) is 3.10. The minimum absolute atomic E-state index is 0.235. The molecule has 5 nitrogen and oxygen atoms in total. The number of benzene rings is 1. The molecule has 1 aliphatic heterocycles. The van der Waals surface area contributed by atoms with E-state index in [9.17, 15) is 4.79 Å². The van der Waals surface area contributed by atoms with Crippen LogP contribution in [0.5, 0.6) is 5.75 Å². The second-order valence-electron chi connectivity index (χ2n) is 5.42. The van der Waals surface area contributed by atoms with Crippen molar-refractivity contribution in [2.75, 3.05) is 27.3 Å². The molecule has 2 rings (SSSR count). The van der Waals surface area contributed by atoms with E-state index in [1.807, 2.05) is 12.1 Å². The summed E-state index contributed by atoms with van der Waals surface area (Å²) in [6.45, 7) is 3.62. The number of ether oxygens (including phenoxy) is 2. The lowest BCUT2D eigenvalue weighted by molar-refractivity contribution is 0.106. The molecule has 5 heteroatoms. The van der Waals surface area contributed by atoms with E-state index in [0.29, 0.717) is 12.6 Å². The van der Waals surface area contributed by atoms with Crippen molar-refractivity contribution in [1.29, 1.82) is 0 Å². The zero-order chi connectivity index (χ0) is 15.2. The van der Waals surface area contributed by atoms with Gasteiger partial charge in [-0.05, 0) is 37.5 Å². The summed E-state index contributed by atoms with van der Waals surface area (Å²) in [5, 5.41) is 3.59. The maximum Gasteiger partial charge on any atom is 0.409 e. The zero-order valence-electron chi connectivity index (χ0n) is 13.0. The van der Waals surface area contributed by atoms with Gasteiger partial charge in [0.15, 0.2) is 0 Å². The zero-order valence-corrected chi connectivity index (χ0v) is 13.0. The summed E-state index contributed by atoms with van der Waals surface area (Å²) >= 11 is 0. The summed E-state index contributed by atoms with van der Waals surface area (Å²) in [6.07, 6.45) is 1.84. The Labute approximate surface area is 126 Å². The van der Waals surface area contributed by atoms with Gasteiger partial charge < -0.3 is 19.7 Å². The molecule has 1 amide bonds. The van der Waals surface area contributed by atoms with Crippen LogP contribution in [-0.4, -0.2) is 44.3 Å². The van der Waals surface area contributed by atoms with Gasteiger partial charge in [-0.2, -0.15) is 0 Å². The Hall–Kier alpha value is -1.75. The number of hydrogen-bond donors (Lipinski definition) is 1. The molecular formula is C16H24N2O3. The van der Waals surface area contributed by atoms with Crippen LogP contribution in [-0.2, 0) is 4.74 Å². The van der Waals surface area contributed by atoms with Crippen LogP contribution in [0.4, 0.5) is 4.79 Å². The Morgan fingerprint density at radius 2 is 2.05 bits per heavy atom. The second kappa shape index (κ2) is 7.31. The molecule has 2 atom stereocenters. The molecule has 1 aromatic carbocycles. The second-order valence-corrected chi connectivity index (χ2v) is 5.42. The SMILES string of the molecule is COC(=O)N1CCCC(NC(C)c2ccc(OC)cc2)C1. The fourth-order valence-corrected chi connectivity index (χ4v) is 2.75. The number of carbonyl (C=O) groups excluding carboxylic acids is 1. The molecule has 0 radical (unpaired) electrons. The first kappa shape index (κ1) is 15.6. The maximum absolute atomic E-state index is 11.6. The van der Waals surface area contributed by atoms with E-state index >= 15 is 0 Å². The normalized spacial score (nSPS) is 20.0. The fraction of sp³-hybridized carbons (Fsp3) is 0.562. The smallest absolute Gasteiger partial charge is 0.409 e. The molecule has 0 spiro atoms. The van der Waals surface area contributed by atoms with Gasteiger partial charge >= 0.3 is 6.09 Å². The van der Waals surface area contributed by atoms with Gasteiger partial charge in [-0.25, -0.2) is 4.79 Å². The third-order valence-electron chi connectivity index (χ3n) is 3.96.